The number of amides is 1. The van der Waals surface area contributed by atoms with Crippen LogP contribution in [0, 0.1) is 6.92 Å². The third kappa shape index (κ3) is 2.83. The van der Waals surface area contributed by atoms with E-state index in [1.54, 1.807) is 6.92 Å². The summed E-state index contributed by atoms with van der Waals surface area (Å²) >= 11 is 0. The number of fused-ring (bicyclic) bond motifs is 1. The minimum Gasteiger partial charge on any atom is -0.341 e. The zero-order valence-electron chi connectivity index (χ0n) is 14.1. The van der Waals surface area contributed by atoms with Crippen molar-refractivity contribution >= 4 is 5.91 Å². The van der Waals surface area contributed by atoms with E-state index in [9.17, 15) is 4.79 Å². The maximum Gasteiger partial charge on any atom is 0.230 e. The van der Waals surface area contributed by atoms with Crippen molar-refractivity contribution in [3.8, 4) is 0 Å². The van der Waals surface area contributed by atoms with Crippen LogP contribution in [0.2, 0.25) is 0 Å². The Morgan fingerprint density at radius 1 is 1.25 bits per heavy atom. The number of nitrogens with zero attached hydrogens (tertiary/aromatic N) is 3. The SMILES string of the molecule is Cc1nc(C2CCCN(C(=O)C3CCCc4ccccc43)C2)no1. The van der Waals surface area contributed by atoms with E-state index in [4.69, 9.17) is 4.52 Å². The van der Waals surface area contributed by atoms with E-state index in [1.807, 2.05) is 11.0 Å². The molecule has 1 aliphatic heterocycles. The van der Waals surface area contributed by atoms with Gasteiger partial charge in [-0.25, -0.2) is 0 Å². The van der Waals surface area contributed by atoms with Crippen LogP contribution >= 0.6 is 0 Å². The van der Waals surface area contributed by atoms with Gasteiger partial charge >= 0.3 is 0 Å². The molecule has 1 aromatic carbocycles. The van der Waals surface area contributed by atoms with Crippen molar-refractivity contribution in [2.75, 3.05) is 13.1 Å². The maximum atomic E-state index is 13.2. The Morgan fingerprint density at radius 3 is 2.96 bits per heavy atom. The number of aryl methyl sites for hydroxylation is 2. The predicted octanol–water partition coefficient (Wildman–Crippen LogP) is 3.20. The molecule has 2 atom stereocenters. The molecular formula is C19H23N3O2. The van der Waals surface area contributed by atoms with Crippen LogP contribution in [0.3, 0.4) is 0 Å². The maximum absolute atomic E-state index is 13.2. The van der Waals surface area contributed by atoms with E-state index >= 15 is 0 Å². The van der Waals surface area contributed by atoms with Crippen LogP contribution in [0.4, 0.5) is 0 Å². The molecule has 5 heteroatoms. The monoisotopic (exact) mass is 325 g/mol. The van der Waals surface area contributed by atoms with Gasteiger partial charge < -0.3 is 9.42 Å². The summed E-state index contributed by atoms with van der Waals surface area (Å²) in [6.45, 7) is 3.35. The minimum atomic E-state index is 0.0145. The van der Waals surface area contributed by atoms with Gasteiger partial charge in [0.1, 0.15) is 0 Å². The molecule has 5 nitrogen and oxygen atoms in total. The number of rotatable bonds is 2. The number of hydrogen-bond donors (Lipinski definition) is 0. The van der Waals surface area contributed by atoms with Gasteiger partial charge in [-0.2, -0.15) is 4.98 Å². The molecule has 126 valence electrons. The Kier molecular flexibility index (Phi) is 4.08. The molecule has 1 saturated heterocycles. The van der Waals surface area contributed by atoms with Crippen LogP contribution in [0.5, 0.6) is 0 Å². The first-order valence-corrected chi connectivity index (χ1v) is 8.89. The quantitative estimate of drug-likeness (QED) is 0.851. The summed E-state index contributed by atoms with van der Waals surface area (Å²) in [5.74, 6) is 1.82. The molecule has 2 heterocycles. The highest BCUT2D eigenvalue weighted by atomic mass is 16.5. The van der Waals surface area contributed by atoms with Crippen molar-refractivity contribution in [2.45, 2.75) is 50.9 Å². The highest BCUT2D eigenvalue weighted by Gasteiger charge is 2.33. The first-order chi connectivity index (χ1) is 11.7. The van der Waals surface area contributed by atoms with Crippen molar-refractivity contribution < 1.29 is 9.32 Å². The zero-order valence-corrected chi connectivity index (χ0v) is 14.1. The molecule has 1 amide bonds. The molecular weight excluding hydrogens is 302 g/mol. The molecule has 0 bridgehead atoms. The van der Waals surface area contributed by atoms with Crippen LogP contribution < -0.4 is 0 Å². The number of hydrogen-bond acceptors (Lipinski definition) is 4. The van der Waals surface area contributed by atoms with Gasteiger partial charge in [-0.3, -0.25) is 4.79 Å². The standard InChI is InChI=1S/C19H23N3O2/c1-13-20-18(21-24-13)15-8-5-11-22(12-15)19(23)17-10-4-7-14-6-2-3-9-16(14)17/h2-3,6,9,15,17H,4-5,7-8,10-12H2,1H3. The summed E-state index contributed by atoms with van der Waals surface area (Å²) < 4.78 is 5.11. The molecule has 0 radical (unpaired) electrons. The lowest BCUT2D eigenvalue weighted by molar-refractivity contribution is -0.134. The van der Waals surface area contributed by atoms with E-state index < -0.39 is 0 Å². The van der Waals surface area contributed by atoms with Gasteiger partial charge in [0.05, 0.1) is 5.92 Å². The Bertz CT molecular complexity index is 740. The molecule has 0 spiro atoms. The number of piperidine rings is 1. The van der Waals surface area contributed by atoms with E-state index in [-0.39, 0.29) is 17.7 Å². The van der Waals surface area contributed by atoms with Crippen molar-refractivity contribution in [1.29, 1.82) is 0 Å². The van der Waals surface area contributed by atoms with Crippen molar-refractivity contribution in [2.24, 2.45) is 0 Å². The average molecular weight is 325 g/mol. The largest absolute Gasteiger partial charge is 0.341 e. The summed E-state index contributed by atoms with van der Waals surface area (Å²) in [6, 6.07) is 8.41. The number of benzene rings is 1. The minimum absolute atomic E-state index is 0.0145. The molecule has 1 aromatic heterocycles. The van der Waals surface area contributed by atoms with Crippen molar-refractivity contribution in [3.05, 3.63) is 47.1 Å². The molecule has 1 aliphatic carbocycles. The Labute approximate surface area is 142 Å². The molecule has 4 rings (SSSR count). The fourth-order valence-electron chi connectivity index (χ4n) is 4.10. The first-order valence-electron chi connectivity index (χ1n) is 8.89. The van der Waals surface area contributed by atoms with Crippen LogP contribution in [-0.4, -0.2) is 34.0 Å². The van der Waals surface area contributed by atoms with Crippen molar-refractivity contribution in [3.63, 3.8) is 0 Å². The number of likely N-dealkylation sites (tertiary alicyclic amines) is 1. The van der Waals surface area contributed by atoms with Gasteiger partial charge in [-0.05, 0) is 43.2 Å². The van der Waals surface area contributed by atoms with Gasteiger partial charge in [-0.15, -0.1) is 0 Å². The average Bonchev–Trinajstić information content (AvgIpc) is 3.07. The molecule has 0 N–H and O–H groups in total. The third-order valence-corrected chi connectivity index (χ3v) is 5.31. The van der Waals surface area contributed by atoms with E-state index in [0.29, 0.717) is 12.4 Å². The Morgan fingerprint density at radius 2 is 2.12 bits per heavy atom. The van der Waals surface area contributed by atoms with Gasteiger partial charge in [0, 0.05) is 25.9 Å². The number of aromatic nitrogens is 2. The molecule has 0 saturated carbocycles. The van der Waals surface area contributed by atoms with Crippen LogP contribution in [0.25, 0.3) is 0 Å². The normalized spacial score (nSPS) is 23.8. The van der Waals surface area contributed by atoms with E-state index in [1.165, 1.54) is 11.1 Å². The Balaban J connectivity index is 1.52. The third-order valence-electron chi connectivity index (χ3n) is 5.31. The second-order valence-corrected chi connectivity index (χ2v) is 6.94. The van der Waals surface area contributed by atoms with E-state index in [2.05, 4.69) is 28.3 Å². The summed E-state index contributed by atoms with van der Waals surface area (Å²) in [5.41, 5.74) is 2.57. The molecule has 24 heavy (non-hydrogen) atoms. The lowest BCUT2D eigenvalue weighted by atomic mass is 9.81. The summed E-state index contributed by atoms with van der Waals surface area (Å²) in [7, 11) is 0. The second-order valence-electron chi connectivity index (χ2n) is 6.94. The summed E-state index contributed by atoms with van der Waals surface area (Å²) in [5, 5.41) is 4.06. The fraction of sp³-hybridized carbons (Fsp3) is 0.526. The molecule has 2 unspecified atom stereocenters. The van der Waals surface area contributed by atoms with Crippen LogP contribution in [0.15, 0.2) is 28.8 Å². The predicted molar refractivity (Wildman–Crippen MR) is 89.7 cm³/mol. The van der Waals surface area contributed by atoms with Crippen LogP contribution in [0.1, 0.15) is 60.4 Å². The first kappa shape index (κ1) is 15.4. The van der Waals surface area contributed by atoms with Crippen LogP contribution in [-0.2, 0) is 11.2 Å². The molecule has 1 fully saturated rings. The fourth-order valence-corrected chi connectivity index (χ4v) is 4.10. The van der Waals surface area contributed by atoms with Gasteiger partial charge in [-0.1, -0.05) is 29.4 Å². The molecule has 2 aliphatic rings. The van der Waals surface area contributed by atoms with Gasteiger partial charge in [0.25, 0.3) is 0 Å². The number of carbonyl (C=O) groups is 1. The van der Waals surface area contributed by atoms with Gasteiger partial charge in [0.15, 0.2) is 5.82 Å². The lowest BCUT2D eigenvalue weighted by Gasteiger charge is -2.35. The smallest absolute Gasteiger partial charge is 0.230 e. The van der Waals surface area contributed by atoms with E-state index in [0.717, 1.165) is 44.5 Å². The topological polar surface area (TPSA) is 59.2 Å². The highest BCUT2D eigenvalue weighted by Crippen LogP contribution is 2.34. The summed E-state index contributed by atoms with van der Waals surface area (Å²) in [6.07, 6.45) is 5.15. The lowest BCUT2D eigenvalue weighted by Crippen LogP contribution is -2.42. The van der Waals surface area contributed by atoms with Crippen molar-refractivity contribution in [1.82, 2.24) is 15.0 Å². The Hall–Kier alpha value is -2.17. The second kappa shape index (κ2) is 6.38. The molecule has 2 aromatic rings. The zero-order chi connectivity index (χ0) is 16.5. The number of carbonyl (C=O) groups excluding carboxylic acids is 1. The van der Waals surface area contributed by atoms with Gasteiger partial charge in [0.2, 0.25) is 11.8 Å². The summed E-state index contributed by atoms with van der Waals surface area (Å²) in [4.78, 5) is 19.5. The highest BCUT2D eigenvalue weighted by molar-refractivity contribution is 5.84.